The lowest BCUT2D eigenvalue weighted by Gasteiger charge is -2.08. The largest absolute Gasteiger partial charge is 0.494 e. The molecular formula is C16H25NO4. The second-order valence-corrected chi connectivity index (χ2v) is 4.79. The fourth-order valence-corrected chi connectivity index (χ4v) is 1.72. The number of hydrogen-bond acceptors (Lipinski definition) is 5. The molecule has 0 aliphatic heterocycles. The first-order chi connectivity index (χ1) is 10.3. The molecule has 0 spiro atoms. The molecule has 5 heteroatoms. The highest BCUT2D eigenvalue weighted by molar-refractivity contribution is 5.81. The minimum Gasteiger partial charge on any atom is -0.494 e. The highest BCUT2D eigenvalue weighted by Gasteiger charge is 1.98. The zero-order valence-electron chi connectivity index (χ0n) is 12.9. The highest BCUT2D eigenvalue weighted by Crippen LogP contribution is 2.13. The first kappa shape index (κ1) is 17.5. The van der Waals surface area contributed by atoms with Gasteiger partial charge in [0.25, 0.3) is 0 Å². The molecule has 0 bridgehead atoms. The van der Waals surface area contributed by atoms with Crippen molar-refractivity contribution in [1.29, 1.82) is 0 Å². The fourth-order valence-electron chi connectivity index (χ4n) is 1.72. The molecule has 5 nitrogen and oxygen atoms in total. The molecule has 0 heterocycles. The average Bonchev–Trinajstić information content (AvgIpc) is 2.52. The van der Waals surface area contributed by atoms with Gasteiger partial charge in [-0.1, -0.05) is 17.3 Å². The zero-order chi connectivity index (χ0) is 15.3. The molecule has 0 unspecified atom stereocenters. The third-order valence-corrected chi connectivity index (χ3v) is 3.00. The Morgan fingerprint density at radius 2 is 1.86 bits per heavy atom. The van der Waals surface area contributed by atoms with E-state index in [1.165, 1.54) is 5.56 Å². The predicted octanol–water partition coefficient (Wildman–Crippen LogP) is 2.90. The van der Waals surface area contributed by atoms with Crippen LogP contribution in [0.25, 0.3) is 0 Å². The monoisotopic (exact) mass is 295 g/mol. The summed E-state index contributed by atoms with van der Waals surface area (Å²) >= 11 is 0. The van der Waals surface area contributed by atoms with E-state index in [0.29, 0.717) is 26.4 Å². The topological polar surface area (TPSA) is 60.3 Å². The maximum Gasteiger partial charge on any atom is 0.119 e. The molecule has 0 amide bonds. The van der Waals surface area contributed by atoms with Crippen LogP contribution >= 0.6 is 0 Å². The second-order valence-electron chi connectivity index (χ2n) is 4.79. The maximum atomic E-state index is 8.60. The number of benzene rings is 1. The predicted molar refractivity (Wildman–Crippen MR) is 82.5 cm³/mol. The molecule has 21 heavy (non-hydrogen) atoms. The molecule has 1 N–H and O–H groups in total. The molecule has 0 aromatic heterocycles. The van der Waals surface area contributed by atoms with Crippen molar-refractivity contribution in [1.82, 2.24) is 0 Å². The summed E-state index contributed by atoms with van der Waals surface area (Å²) < 4.78 is 15.9. The van der Waals surface area contributed by atoms with Crippen LogP contribution in [-0.4, -0.2) is 44.5 Å². The van der Waals surface area contributed by atoms with Crippen molar-refractivity contribution in [2.45, 2.75) is 26.2 Å². The van der Waals surface area contributed by atoms with Gasteiger partial charge in [-0.05, 0) is 37.5 Å². The number of hydrogen-bond donors (Lipinski definition) is 1. The molecule has 0 saturated carbocycles. The van der Waals surface area contributed by atoms with Gasteiger partial charge in [-0.3, -0.25) is 0 Å². The number of rotatable bonds is 11. The first-order valence-electron chi connectivity index (χ1n) is 7.22. The molecule has 0 fully saturated rings. The van der Waals surface area contributed by atoms with Gasteiger partial charge in [0.1, 0.15) is 5.75 Å². The Hall–Kier alpha value is -1.59. The number of methoxy groups -OCH3 is 1. The molecule has 1 rings (SSSR count). The molecule has 0 aliphatic rings. The molecule has 0 atom stereocenters. The minimum atomic E-state index is 0.627. The van der Waals surface area contributed by atoms with E-state index in [1.54, 1.807) is 7.11 Å². The third-order valence-electron chi connectivity index (χ3n) is 3.00. The summed E-state index contributed by atoms with van der Waals surface area (Å²) in [5.41, 5.74) is 1.94. The highest BCUT2D eigenvalue weighted by atomic mass is 16.5. The van der Waals surface area contributed by atoms with Gasteiger partial charge < -0.3 is 19.4 Å². The Morgan fingerprint density at radius 3 is 2.52 bits per heavy atom. The second kappa shape index (κ2) is 11.1. The summed E-state index contributed by atoms with van der Waals surface area (Å²) in [4.78, 5) is 0. The fraction of sp³-hybridized carbons (Fsp3) is 0.562. The number of nitrogens with zero attached hydrogens (tertiary/aromatic N) is 1. The summed E-state index contributed by atoms with van der Waals surface area (Å²) in [6.45, 7) is 4.39. The van der Waals surface area contributed by atoms with Crippen molar-refractivity contribution in [2.24, 2.45) is 5.16 Å². The van der Waals surface area contributed by atoms with Gasteiger partial charge in [-0.2, -0.15) is 0 Å². The SMILES string of the molecule is COCCOCCCOc1ccc(CC/C(C)=N/O)cc1. The molecule has 0 saturated heterocycles. The van der Waals surface area contributed by atoms with Crippen molar-refractivity contribution in [3.8, 4) is 5.75 Å². The average molecular weight is 295 g/mol. The molecule has 0 radical (unpaired) electrons. The summed E-state index contributed by atoms with van der Waals surface area (Å²) in [7, 11) is 1.66. The van der Waals surface area contributed by atoms with E-state index >= 15 is 0 Å². The quantitative estimate of drug-likeness (QED) is 0.295. The summed E-state index contributed by atoms with van der Waals surface area (Å²) in [5.74, 6) is 0.864. The van der Waals surface area contributed by atoms with Gasteiger partial charge in [0, 0.05) is 20.1 Å². The van der Waals surface area contributed by atoms with E-state index in [4.69, 9.17) is 19.4 Å². The molecule has 1 aromatic rings. The number of aryl methyl sites for hydroxylation is 1. The number of oxime groups is 1. The van der Waals surface area contributed by atoms with Crippen LogP contribution in [0.4, 0.5) is 0 Å². The molecular weight excluding hydrogens is 270 g/mol. The van der Waals surface area contributed by atoms with Crippen LogP contribution in [0.15, 0.2) is 29.4 Å². The van der Waals surface area contributed by atoms with Crippen molar-refractivity contribution in [2.75, 3.05) is 33.5 Å². The normalized spacial score (nSPS) is 11.6. The standard InChI is InChI=1S/C16H25NO4/c1-14(17-18)4-5-15-6-8-16(9-7-15)21-11-3-10-20-13-12-19-2/h6-9,18H,3-5,10-13H2,1-2H3/b17-14+. The molecule has 1 aromatic carbocycles. The Morgan fingerprint density at radius 1 is 1.10 bits per heavy atom. The van der Waals surface area contributed by atoms with E-state index in [0.717, 1.165) is 30.7 Å². The number of ether oxygens (including phenoxy) is 3. The van der Waals surface area contributed by atoms with Gasteiger partial charge in [-0.15, -0.1) is 0 Å². The van der Waals surface area contributed by atoms with Gasteiger partial charge in [0.05, 0.1) is 25.5 Å². The van der Waals surface area contributed by atoms with E-state index in [2.05, 4.69) is 5.16 Å². The lowest BCUT2D eigenvalue weighted by Crippen LogP contribution is -2.06. The Labute approximate surface area is 126 Å². The van der Waals surface area contributed by atoms with Crippen molar-refractivity contribution in [3.05, 3.63) is 29.8 Å². The van der Waals surface area contributed by atoms with Gasteiger partial charge >= 0.3 is 0 Å². The van der Waals surface area contributed by atoms with Crippen LogP contribution in [0.3, 0.4) is 0 Å². The van der Waals surface area contributed by atoms with E-state index < -0.39 is 0 Å². The Kier molecular flexibility index (Phi) is 9.24. The van der Waals surface area contributed by atoms with Crippen LogP contribution < -0.4 is 4.74 Å². The van der Waals surface area contributed by atoms with Crippen molar-refractivity contribution in [3.63, 3.8) is 0 Å². The Bertz CT molecular complexity index is 403. The van der Waals surface area contributed by atoms with E-state index in [-0.39, 0.29) is 0 Å². The lowest BCUT2D eigenvalue weighted by molar-refractivity contribution is 0.0644. The van der Waals surface area contributed by atoms with Gasteiger partial charge in [0.2, 0.25) is 0 Å². The van der Waals surface area contributed by atoms with Crippen molar-refractivity contribution < 1.29 is 19.4 Å². The smallest absolute Gasteiger partial charge is 0.119 e. The van der Waals surface area contributed by atoms with Gasteiger partial charge in [0.15, 0.2) is 0 Å². The van der Waals surface area contributed by atoms with Crippen LogP contribution in [-0.2, 0) is 15.9 Å². The van der Waals surface area contributed by atoms with E-state index in [1.807, 2.05) is 31.2 Å². The van der Waals surface area contributed by atoms with Gasteiger partial charge in [-0.25, -0.2) is 0 Å². The van der Waals surface area contributed by atoms with Crippen LogP contribution in [0.5, 0.6) is 5.75 Å². The van der Waals surface area contributed by atoms with Crippen LogP contribution in [0.1, 0.15) is 25.3 Å². The summed E-state index contributed by atoms with van der Waals surface area (Å²) in [6.07, 6.45) is 2.48. The lowest BCUT2D eigenvalue weighted by atomic mass is 10.1. The third kappa shape index (κ3) is 8.32. The first-order valence-corrected chi connectivity index (χ1v) is 7.22. The van der Waals surface area contributed by atoms with Crippen LogP contribution in [0.2, 0.25) is 0 Å². The van der Waals surface area contributed by atoms with Crippen LogP contribution in [0, 0.1) is 0 Å². The molecule has 0 aliphatic carbocycles. The van der Waals surface area contributed by atoms with Crippen molar-refractivity contribution >= 4 is 5.71 Å². The summed E-state index contributed by atoms with van der Waals surface area (Å²) in [6, 6.07) is 8.00. The maximum absolute atomic E-state index is 8.60. The summed E-state index contributed by atoms with van der Waals surface area (Å²) in [5, 5.41) is 11.8. The van der Waals surface area contributed by atoms with E-state index in [9.17, 15) is 0 Å². The molecule has 118 valence electrons. The minimum absolute atomic E-state index is 0.627. The Balaban J connectivity index is 2.16. The zero-order valence-corrected chi connectivity index (χ0v) is 12.9.